The standard InChI is InChI=1S/C15H20FN4O3/c1-14(2,3)23-13(22)20-9-4-6-15(16,10-20)11(21)19-12-17-7-5-8-18-12/h7-8H,4,6,9-10H2,1-3H3,(H,17,18,19,21). The molecule has 2 amide bonds. The van der Waals surface area contributed by atoms with Crippen molar-refractivity contribution in [1.29, 1.82) is 0 Å². The summed E-state index contributed by atoms with van der Waals surface area (Å²) in [5, 5.41) is 2.32. The van der Waals surface area contributed by atoms with E-state index in [1.54, 1.807) is 20.8 Å². The molecule has 1 radical (unpaired) electrons. The van der Waals surface area contributed by atoms with Gasteiger partial charge in [0.15, 0.2) is 0 Å². The molecule has 0 aliphatic carbocycles. The van der Waals surface area contributed by atoms with Gasteiger partial charge in [-0.25, -0.2) is 19.2 Å². The van der Waals surface area contributed by atoms with E-state index in [0.717, 1.165) is 0 Å². The van der Waals surface area contributed by atoms with E-state index in [1.807, 2.05) is 0 Å². The normalized spacial score (nSPS) is 21.7. The molecule has 7 nitrogen and oxygen atoms in total. The van der Waals surface area contributed by atoms with Crippen molar-refractivity contribution in [2.75, 3.05) is 18.4 Å². The Morgan fingerprint density at radius 1 is 1.39 bits per heavy atom. The Kier molecular flexibility index (Phi) is 4.82. The summed E-state index contributed by atoms with van der Waals surface area (Å²) in [6.07, 6.45) is 2.41. The first-order valence-corrected chi connectivity index (χ1v) is 7.36. The van der Waals surface area contributed by atoms with Crippen LogP contribution in [0.3, 0.4) is 0 Å². The number of likely N-dealkylation sites (tertiary alicyclic amines) is 1. The molecule has 0 aromatic carbocycles. The molecular weight excluding hydrogens is 303 g/mol. The minimum atomic E-state index is -2.20. The topological polar surface area (TPSA) is 84.4 Å². The Bertz CT molecular complexity index is 576. The van der Waals surface area contributed by atoms with Gasteiger partial charge >= 0.3 is 6.09 Å². The van der Waals surface area contributed by atoms with Crippen molar-refractivity contribution in [3.05, 3.63) is 18.5 Å². The van der Waals surface area contributed by atoms with Gasteiger partial charge in [-0.1, -0.05) is 0 Å². The largest absolute Gasteiger partial charge is 0.444 e. The summed E-state index contributed by atoms with van der Waals surface area (Å²) in [5.41, 5.74) is -2.87. The molecule has 1 aliphatic rings. The first-order valence-electron chi connectivity index (χ1n) is 7.36. The summed E-state index contributed by atoms with van der Waals surface area (Å²) in [5.74, 6) is -0.864. The van der Waals surface area contributed by atoms with Crippen LogP contribution in [-0.4, -0.2) is 51.2 Å². The Morgan fingerprint density at radius 2 is 2.04 bits per heavy atom. The summed E-state index contributed by atoms with van der Waals surface area (Å²) in [7, 11) is 0. The fourth-order valence-electron chi connectivity index (χ4n) is 2.22. The second-order valence-electron chi connectivity index (χ2n) is 6.43. The average molecular weight is 323 g/mol. The third-order valence-electron chi connectivity index (χ3n) is 3.25. The summed E-state index contributed by atoms with van der Waals surface area (Å²) in [6.45, 7) is 5.19. The predicted molar refractivity (Wildman–Crippen MR) is 80.4 cm³/mol. The van der Waals surface area contributed by atoms with Crippen LogP contribution in [-0.2, 0) is 9.53 Å². The second-order valence-corrected chi connectivity index (χ2v) is 6.43. The molecule has 0 saturated carbocycles. The monoisotopic (exact) mass is 323 g/mol. The number of nitrogens with one attached hydrogen (secondary N) is 1. The van der Waals surface area contributed by atoms with Crippen LogP contribution in [0.25, 0.3) is 0 Å². The lowest BCUT2D eigenvalue weighted by molar-refractivity contribution is -0.130. The summed E-state index contributed by atoms with van der Waals surface area (Å²) >= 11 is 0. The highest BCUT2D eigenvalue weighted by molar-refractivity contribution is 5.96. The number of halogens is 1. The molecule has 2 heterocycles. The van der Waals surface area contributed by atoms with E-state index >= 15 is 0 Å². The highest BCUT2D eigenvalue weighted by Crippen LogP contribution is 2.27. The fraction of sp³-hybridized carbons (Fsp3) is 0.600. The lowest BCUT2D eigenvalue weighted by Gasteiger charge is -2.36. The van der Waals surface area contributed by atoms with Crippen LogP contribution in [0.15, 0.2) is 12.4 Å². The Hall–Kier alpha value is -2.25. The molecule has 125 valence electrons. The Labute approximate surface area is 134 Å². The number of hydrogen-bond acceptors (Lipinski definition) is 5. The number of alkyl halides is 1. The zero-order chi connectivity index (χ0) is 17.1. The van der Waals surface area contributed by atoms with Crippen LogP contribution >= 0.6 is 0 Å². The molecule has 1 aromatic rings. The van der Waals surface area contributed by atoms with E-state index < -0.39 is 23.3 Å². The molecule has 1 aromatic heterocycles. The van der Waals surface area contributed by atoms with Crippen molar-refractivity contribution in [2.45, 2.75) is 44.9 Å². The van der Waals surface area contributed by atoms with Gasteiger partial charge < -0.3 is 9.64 Å². The number of carbonyl (C=O) groups is 2. The number of nitrogens with zero attached hydrogens (tertiary/aromatic N) is 3. The molecule has 1 aliphatic heterocycles. The number of rotatable bonds is 2. The van der Waals surface area contributed by atoms with Gasteiger partial charge in [-0.15, -0.1) is 0 Å². The SMILES string of the molecule is CC(C)(C)OC(=O)N1CCCC(F)(C(=O)Nc2nc[c]cn2)C1. The molecule has 2 rings (SSSR count). The van der Waals surface area contributed by atoms with Gasteiger partial charge in [-0.2, -0.15) is 0 Å². The van der Waals surface area contributed by atoms with Crippen LogP contribution in [0.5, 0.6) is 0 Å². The van der Waals surface area contributed by atoms with Crippen LogP contribution in [0.1, 0.15) is 33.6 Å². The minimum Gasteiger partial charge on any atom is -0.444 e. The highest BCUT2D eigenvalue weighted by Gasteiger charge is 2.45. The number of aromatic nitrogens is 2. The van der Waals surface area contributed by atoms with Gasteiger partial charge in [-0.05, 0) is 33.6 Å². The lowest BCUT2D eigenvalue weighted by Crippen LogP contribution is -2.54. The third-order valence-corrected chi connectivity index (χ3v) is 3.25. The van der Waals surface area contributed by atoms with E-state index in [0.29, 0.717) is 13.0 Å². The zero-order valence-corrected chi connectivity index (χ0v) is 13.4. The Balaban J connectivity index is 2.03. The molecule has 23 heavy (non-hydrogen) atoms. The van der Waals surface area contributed by atoms with Crippen LogP contribution in [0.2, 0.25) is 0 Å². The quantitative estimate of drug-likeness (QED) is 0.899. The first-order chi connectivity index (χ1) is 10.7. The summed E-state index contributed by atoms with van der Waals surface area (Å²) in [4.78, 5) is 33.0. The van der Waals surface area contributed by atoms with Crippen molar-refractivity contribution in [3.63, 3.8) is 0 Å². The van der Waals surface area contributed by atoms with E-state index in [-0.39, 0.29) is 18.9 Å². The second kappa shape index (κ2) is 6.47. The van der Waals surface area contributed by atoms with Gasteiger partial charge in [0.1, 0.15) is 5.60 Å². The van der Waals surface area contributed by atoms with Crippen molar-refractivity contribution in [2.24, 2.45) is 0 Å². The number of carbonyl (C=O) groups excluding carboxylic acids is 2. The maximum Gasteiger partial charge on any atom is 0.410 e. The molecular formula is C15H20FN4O3. The minimum absolute atomic E-state index is 0.000154. The highest BCUT2D eigenvalue weighted by atomic mass is 19.1. The molecule has 0 spiro atoms. The van der Waals surface area contributed by atoms with E-state index in [4.69, 9.17) is 4.74 Å². The molecule has 1 fully saturated rings. The first kappa shape index (κ1) is 17.1. The summed E-state index contributed by atoms with van der Waals surface area (Å²) < 4.78 is 20.2. The summed E-state index contributed by atoms with van der Waals surface area (Å²) in [6, 6.07) is 2.60. The van der Waals surface area contributed by atoms with Crippen molar-refractivity contribution >= 4 is 17.9 Å². The van der Waals surface area contributed by atoms with Crippen LogP contribution in [0, 0.1) is 6.07 Å². The Morgan fingerprint density at radius 3 is 2.65 bits per heavy atom. The third kappa shape index (κ3) is 4.61. The van der Waals surface area contributed by atoms with Gasteiger partial charge in [0.2, 0.25) is 11.6 Å². The number of hydrogen-bond donors (Lipinski definition) is 1. The number of ether oxygens (including phenoxy) is 1. The fourth-order valence-corrected chi connectivity index (χ4v) is 2.22. The molecule has 1 unspecified atom stereocenters. The predicted octanol–water partition coefficient (Wildman–Crippen LogP) is 1.95. The van der Waals surface area contributed by atoms with E-state index in [2.05, 4.69) is 21.4 Å². The van der Waals surface area contributed by atoms with E-state index in [9.17, 15) is 14.0 Å². The van der Waals surface area contributed by atoms with Gasteiger partial charge in [0, 0.05) is 25.0 Å². The molecule has 8 heteroatoms. The van der Waals surface area contributed by atoms with Crippen LogP contribution in [0.4, 0.5) is 15.1 Å². The number of amides is 2. The number of anilines is 1. The van der Waals surface area contributed by atoms with Crippen molar-refractivity contribution < 1.29 is 18.7 Å². The van der Waals surface area contributed by atoms with E-state index in [1.165, 1.54) is 17.3 Å². The molecule has 0 bridgehead atoms. The molecule has 1 saturated heterocycles. The van der Waals surface area contributed by atoms with Crippen LogP contribution < -0.4 is 5.32 Å². The zero-order valence-electron chi connectivity index (χ0n) is 13.4. The average Bonchev–Trinajstić information content (AvgIpc) is 2.46. The maximum absolute atomic E-state index is 15.0. The van der Waals surface area contributed by atoms with Crippen molar-refractivity contribution in [3.8, 4) is 0 Å². The maximum atomic E-state index is 15.0. The van der Waals surface area contributed by atoms with Gasteiger partial charge in [0.05, 0.1) is 6.54 Å². The van der Waals surface area contributed by atoms with Gasteiger partial charge in [0.25, 0.3) is 5.91 Å². The lowest BCUT2D eigenvalue weighted by atomic mass is 9.94. The molecule has 1 N–H and O–H groups in total. The molecule has 1 atom stereocenters. The number of piperidine rings is 1. The van der Waals surface area contributed by atoms with Crippen molar-refractivity contribution in [1.82, 2.24) is 14.9 Å². The van der Waals surface area contributed by atoms with Gasteiger partial charge in [-0.3, -0.25) is 10.1 Å². The smallest absolute Gasteiger partial charge is 0.410 e.